The number of hydrogen-bond acceptors (Lipinski definition) is 1. The Labute approximate surface area is 105 Å². The molecule has 1 rings (SSSR count). The fourth-order valence-electron chi connectivity index (χ4n) is 1.28. The topological polar surface area (TPSA) is 12.0 Å². The second kappa shape index (κ2) is 6.31. The summed E-state index contributed by atoms with van der Waals surface area (Å²) in [6.07, 6.45) is 2.91. The van der Waals surface area contributed by atoms with Crippen LogP contribution in [-0.4, -0.2) is 6.04 Å². The molecular weight excluding hydrogens is 273 g/mol. The van der Waals surface area contributed by atoms with E-state index in [1.165, 1.54) is 5.56 Å². The molecule has 0 bridgehead atoms. The van der Waals surface area contributed by atoms with Gasteiger partial charge in [-0.1, -0.05) is 23.7 Å². The molecule has 0 heterocycles. The molecule has 0 aliphatic heterocycles. The van der Waals surface area contributed by atoms with Crippen LogP contribution in [-0.2, 0) is 6.54 Å². The molecule has 1 atom stereocenters. The van der Waals surface area contributed by atoms with Crippen LogP contribution in [0, 0.1) is 0 Å². The van der Waals surface area contributed by atoms with E-state index in [4.69, 9.17) is 11.6 Å². The van der Waals surface area contributed by atoms with Gasteiger partial charge < -0.3 is 5.32 Å². The maximum Gasteiger partial charge on any atom is 0.0548 e. The number of halogens is 2. The van der Waals surface area contributed by atoms with Crippen LogP contribution in [0.15, 0.2) is 35.3 Å². The molecular formula is C12H15BrClN. The van der Waals surface area contributed by atoms with Gasteiger partial charge in [0.15, 0.2) is 0 Å². The molecule has 82 valence electrons. The largest absolute Gasteiger partial charge is 0.310 e. The molecule has 1 aromatic carbocycles. The van der Waals surface area contributed by atoms with Gasteiger partial charge in [-0.15, -0.1) is 6.58 Å². The average molecular weight is 289 g/mol. The molecule has 0 radical (unpaired) electrons. The van der Waals surface area contributed by atoms with Crippen LogP contribution >= 0.6 is 27.5 Å². The maximum absolute atomic E-state index is 5.91. The Morgan fingerprint density at radius 1 is 1.60 bits per heavy atom. The highest BCUT2D eigenvalue weighted by molar-refractivity contribution is 9.10. The zero-order valence-electron chi connectivity index (χ0n) is 8.76. The van der Waals surface area contributed by atoms with Gasteiger partial charge in [0.2, 0.25) is 0 Å². The van der Waals surface area contributed by atoms with Crippen molar-refractivity contribution in [2.75, 3.05) is 0 Å². The Morgan fingerprint density at radius 2 is 2.33 bits per heavy atom. The third-order valence-electron chi connectivity index (χ3n) is 2.16. The molecule has 0 amide bonds. The van der Waals surface area contributed by atoms with Crippen molar-refractivity contribution in [3.05, 3.63) is 45.9 Å². The summed E-state index contributed by atoms with van der Waals surface area (Å²) in [6, 6.07) is 6.43. The zero-order valence-corrected chi connectivity index (χ0v) is 11.1. The summed E-state index contributed by atoms with van der Waals surface area (Å²) in [7, 11) is 0. The fourth-order valence-corrected chi connectivity index (χ4v) is 1.82. The van der Waals surface area contributed by atoms with Gasteiger partial charge in [-0.25, -0.2) is 0 Å². The first kappa shape index (κ1) is 12.8. The minimum atomic E-state index is 0.456. The van der Waals surface area contributed by atoms with Crippen molar-refractivity contribution >= 4 is 27.5 Å². The summed E-state index contributed by atoms with van der Waals surface area (Å²) >= 11 is 9.32. The smallest absolute Gasteiger partial charge is 0.0548 e. The van der Waals surface area contributed by atoms with E-state index in [1.807, 2.05) is 24.3 Å². The van der Waals surface area contributed by atoms with Crippen molar-refractivity contribution in [1.82, 2.24) is 5.32 Å². The summed E-state index contributed by atoms with van der Waals surface area (Å²) in [6.45, 7) is 6.71. The average Bonchev–Trinajstić information content (AvgIpc) is 2.20. The Bertz CT molecular complexity index is 338. The van der Waals surface area contributed by atoms with E-state index >= 15 is 0 Å². The monoisotopic (exact) mass is 287 g/mol. The molecule has 0 aromatic heterocycles. The van der Waals surface area contributed by atoms with Crippen molar-refractivity contribution in [1.29, 1.82) is 0 Å². The molecule has 0 saturated heterocycles. The lowest BCUT2D eigenvalue weighted by atomic mass is 10.2. The first-order chi connectivity index (χ1) is 7.13. The van der Waals surface area contributed by atoms with Crippen molar-refractivity contribution in [2.24, 2.45) is 0 Å². The van der Waals surface area contributed by atoms with E-state index in [-0.39, 0.29) is 0 Å². The summed E-state index contributed by atoms with van der Waals surface area (Å²) < 4.78 is 0.944. The highest BCUT2D eigenvalue weighted by Crippen LogP contribution is 2.23. The fraction of sp³-hybridized carbons (Fsp3) is 0.333. The third-order valence-corrected chi connectivity index (χ3v) is 3.37. The van der Waals surface area contributed by atoms with Gasteiger partial charge in [-0.2, -0.15) is 0 Å². The van der Waals surface area contributed by atoms with Crippen LogP contribution < -0.4 is 5.32 Å². The molecule has 1 aromatic rings. The Morgan fingerprint density at radius 3 is 2.93 bits per heavy atom. The molecule has 1 nitrogen and oxygen atoms in total. The van der Waals surface area contributed by atoms with Crippen LogP contribution in [0.5, 0.6) is 0 Å². The van der Waals surface area contributed by atoms with Gasteiger partial charge in [-0.05, 0) is 47.0 Å². The van der Waals surface area contributed by atoms with Crippen LogP contribution in [0.3, 0.4) is 0 Å². The zero-order chi connectivity index (χ0) is 11.3. The molecule has 0 fully saturated rings. The minimum absolute atomic E-state index is 0.456. The molecule has 0 aliphatic carbocycles. The predicted molar refractivity (Wildman–Crippen MR) is 70.3 cm³/mol. The molecule has 1 N–H and O–H groups in total. The normalized spacial score (nSPS) is 12.5. The Balaban J connectivity index is 2.50. The summed E-state index contributed by atoms with van der Waals surface area (Å²) in [4.78, 5) is 0. The lowest BCUT2D eigenvalue weighted by Crippen LogP contribution is -2.24. The first-order valence-corrected chi connectivity index (χ1v) is 6.08. The minimum Gasteiger partial charge on any atom is -0.310 e. The van der Waals surface area contributed by atoms with E-state index in [9.17, 15) is 0 Å². The van der Waals surface area contributed by atoms with Gasteiger partial charge in [0, 0.05) is 17.1 Å². The van der Waals surface area contributed by atoms with Gasteiger partial charge in [0.25, 0.3) is 0 Å². The van der Waals surface area contributed by atoms with Gasteiger partial charge in [-0.3, -0.25) is 0 Å². The molecule has 15 heavy (non-hydrogen) atoms. The van der Waals surface area contributed by atoms with E-state index in [0.29, 0.717) is 6.04 Å². The molecule has 3 heteroatoms. The van der Waals surface area contributed by atoms with E-state index in [0.717, 1.165) is 22.5 Å². The van der Waals surface area contributed by atoms with Crippen molar-refractivity contribution < 1.29 is 0 Å². The van der Waals surface area contributed by atoms with E-state index in [1.54, 1.807) is 0 Å². The number of rotatable bonds is 5. The third kappa shape index (κ3) is 4.37. The van der Waals surface area contributed by atoms with Gasteiger partial charge in [0.1, 0.15) is 0 Å². The van der Waals surface area contributed by atoms with Crippen LogP contribution in [0.25, 0.3) is 0 Å². The molecule has 0 spiro atoms. The van der Waals surface area contributed by atoms with Crippen molar-refractivity contribution in [2.45, 2.75) is 25.9 Å². The van der Waals surface area contributed by atoms with E-state index in [2.05, 4.69) is 34.7 Å². The SMILES string of the molecule is C=CCC(C)NCc1ccc(Cl)c(Br)c1. The molecule has 0 saturated carbocycles. The Hall–Kier alpha value is -0.310. The summed E-state index contributed by atoms with van der Waals surface area (Å²) in [5.41, 5.74) is 1.22. The maximum atomic E-state index is 5.91. The van der Waals surface area contributed by atoms with E-state index < -0.39 is 0 Å². The standard InChI is InChI=1S/C12H15BrClN/c1-3-4-9(2)15-8-10-5-6-12(14)11(13)7-10/h3,5-7,9,15H,1,4,8H2,2H3. The van der Waals surface area contributed by atoms with Crippen LogP contribution in [0.4, 0.5) is 0 Å². The number of hydrogen-bond donors (Lipinski definition) is 1. The molecule has 1 unspecified atom stereocenters. The predicted octanol–water partition coefficient (Wildman–Crippen LogP) is 4.16. The van der Waals surface area contributed by atoms with Crippen LogP contribution in [0.2, 0.25) is 5.02 Å². The summed E-state index contributed by atoms with van der Waals surface area (Å²) in [5, 5.41) is 4.16. The van der Waals surface area contributed by atoms with Crippen LogP contribution in [0.1, 0.15) is 18.9 Å². The first-order valence-electron chi connectivity index (χ1n) is 4.91. The highest BCUT2D eigenvalue weighted by Gasteiger charge is 2.01. The second-order valence-electron chi connectivity index (χ2n) is 3.55. The molecule has 0 aliphatic rings. The quantitative estimate of drug-likeness (QED) is 0.802. The lowest BCUT2D eigenvalue weighted by molar-refractivity contribution is 0.554. The van der Waals surface area contributed by atoms with Gasteiger partial charge >= 0.3 is 0 Å². The lowest BCUT2D eigenvalue weighted by Gasteiger charge is -2.11. The van der Waals surface area contributed by atoms with Crippen molar-refractivity contribution in [3.63, 3.8) is 0 Å². The highest BCUT2D eigenvalue weighted by atomic mass is 79.9. The summed E-state index contributed by atoms with van der Waals surface area (Å²) in [5.74, 6) is 0. The Kier molecular flexibility index (Phi) is 5.37. The number of nitrogens with one attached hydrogen (secondary N) is 1. The number of benzene rings is 1. The second-order valence-corrected chi connectivity index (χ2v) is 4.82. The van der Waals surface area contributed by atoms with Crippen molar-refractivity contribution in [3.8, 4) is 0 Å². The van der Waals surface area contributed by atoms with Gasteiger partial charge in [0.05, 0.1) is 5.02 Å².